The fourth-order valence-electron chi connectivity index (χ4n) is 7.92. The van der Waals surface area contributed by atoms with Crippen LogP contribution in [0.5, 0.6) is 0 Å². The minimum absolute atomic E-state index is 0.0993. The quantitative estimate of drug-likeness (QED) is 0.221. The molecule has 1 aliphatic carbocycles. The maximum atomic E-state index is 6.69. The van der Waals surface area contributed by atoms with Crippen molar-refractivity contribution in [1.29, 1.82) is 0 Å². The van der Waals surface area contributed by atoms with Crippen LogP contribution in [0.15, 0.2) is 137 Å². The maximum absolute atomic E-state index is 6.69. The Hall–Kier alpha value is -5.61. The lowest BCUT2D eigenvalue weighted by Crippen LogP contribution is -2.24. The first kappa shape index (κ1) is 24.8. The topological polar surface area (TPSA) is 42.5 Å². The smallest absolute Gasteiger partial charge is 0.188 e. The van der Waals surface area contributed by atoms with Crippen LogP contribution in [0.4, 0.5) is 5.69 Å². The van der Waals surface area contributed by atoms with E-state index in [1.807, 2.05) is 12.1 Å². The van der Waals surface area contributed by atoms with Gasteiger partial charge in [-0.25, -0.2) is 4.99 Å². The molecule has 0 bridgehead atoms. The number of furan rings is 1. The van der Waals surface area contributed by atoms with Crippen LogP contribution in [0.3, 0.4) is 0 Å². The van der Waals surface area contributed by atoms with E-state index in [0.29, 0.717) is 0 Å². The molecule has 4 nitrogen and oxygen atoms in total. The third-order valence-corrected chi connectivity index (χ3v) is 10.0. The summed E-state index contributed by atoms with van der Waals surface area (Å²) < 4.78 is 9.06. The summed E-state index contributed by atoms with van der Waals surface area (Å²) in [5.74, 6) is 1.68. The molecule has 0 radical (unpaired) electrons. The van der Waals surface area contributed by atoms with Crippen molar-refractivity contribution < 1.29 is 4.42 Å². The molecule has 1 atom stereocenters. The highest BCUT2D eigenvalue weighted by Gasteiger charge is 2.39. The number of hydrogen-bond donors (Lipinski definition) is 1. The average molecular weight is 580 g/mol. The Labute approximate surface area is 260 Å². The van der Waals surface area contributed by atoms with Crippen molar-refractivity contribution in [2.45, 2.75) is 25.4 Å². The minimum Gasteiger partial charge on any atom is -0.454 e. The second kappa shape index (κ2) is 8.73. The predicted octanol–water partition coefficient (Wildman–Crippen LogP) is 10.4. The third-order valence-electron chi connectivity index (χ3n) is 10.0. The normalized spacial score (nSPS) is 16.5. The number of hydrogen-bond acceptors (Lipinski definition) is 3. The largest absolute Gasteiger partial charge is 0.454 e. The number of para-hydroxylation sites is 2. The predicted molar refractivity (Wildman–Crippen MR) is 185 cm³/mol. The van der Waals surface area contributed by atoms with Crippen molar-refractivity contribution in [2.75, 3.05) is 5.32 Å². The summed E-state index contributed by atoms with van der Waals surface area (Å²) in [7, 11) is 0. The van der Waals surface area contributed by atoms with Crippen LogP contribution >= 0.6 is 0 Å². The van der Waals surface area contributed by atoms with Crippen LogP contribution in [0.25, 0.3) is 54.7 Å². The van der Waals surface area contributed by atoms with Crippen LogP contribution < -0.4 is 5.32 Å². The molecule has 6 aromatic carbocycles. The highest BCUT2D eigenvalue weighted by Crippen LogP contribution is 2.51. The van der Waals surface area contributed by atoms with Gasteiger partial charge in [0.05, 0.1) is 16.7 Å². The summed E-state index contributed by atoms with van der Waals surface area (Å²) in [6.45, 7) is 4.65. The van der Waals surface area contributed by atoms with Gasteiger partial charge in [0.15, 0.2) is 11.9 Å². The fourth-order valence-corrected chi connectivity index (χ4v) is 7.92. The maximum Gasteiger partial charge on any atom is 0.188 e. The lowest BCUT2D eigenvalue weighted by molar-refractivity contribution is 0.473. The van der Waals surface area contributed by atoms with Gasteiger partial charge in [0, 0.05) is 27.1 Å². The van der Waals surface area contributed by atoms with E-state index in [-0.39, 0.29) is 5.41 Å². The second-order valence-electron chi connectivity index (χ2n) is 12.8. The first-order chi connectivity index (χ1) is 22.1. The van der Waals surface area contributed by atoms with E-state index in [1.165, 1.54) is 43.8 Å². The molecular formula is C41H29N3O. The standard InChI is InChI=1S/C41H29N3O/c1-41(2)31-18-8-5-15-27(31)36-29(17-11-19-32(36)41)39-42-37-28-16-7-10-21-35(28)45-38(37)40(43-39)44-33-20-9-6-14-26(33)30-22-24-12-3-4-13-25(24)23-34(30)44/h3-23,40H,1-2H3,(H,42,43). The van der Waals surface area contributed by atoms with E-state index < -0.39 is 6.17 Å². The molecule has 0 spiro atoms. The van der Waals surface area contributed by atoms with Crippen molar-refractivity contribution in [3.05, 3.63) is 150 Å². The Kier molecular flexibility index (Phi) is 4.81. The lowest BCUT2D eigenvalue weighted by Gasteiger charge is -2.26. The van der Waals surface area contributed by atoms with Crippen molar-refractivity contribution in [3.8, 4) is 11.1 Å². The van der Waals surface area contributed by atoms with Crippen molar-refractivity contribution >= 4 is 55.1 Å². The van der Waals surface area contributed by atoms with Crippen LogP contribution in [0.2, 0.25) is 0 Å². The van der Waals surface area contributed by atoms with Crippen LogP contribution in [-0.2, 0) is 5.41 Å². The summed E-state index contributed by atoms with van der Waals surface area (Å²) in [5.41, 5.74) is 10.3. The molecular weight excluding hydrogens is 550 g/mol. The number of aromatic nitrogens is 1. The summed E-state index contributed by atoms with van der Waals surface area (Å²) in [6.07, 6.45) is -0.410. The van der Waals surface area contributed by atoms with Gasteiger partial charge < -0.3 is 14.3 Å². The summed E-state index contributed by atoms with van der Waals surface area (Å²) in [6, 6.07) is 45.6. The van der Waals surface area contributed by atoms with Crippen molar-refractivity contribution in [1.82, 2.24) is 4.57 Å². The molecule has 8 aromatic rings. The lowest BCUT2D eigenvalue weighted by atomic mass is 9.82. The van der Waals surface area contributed by atoms with Crippen LogP contribution in [0.1, 0.15) is 42.5 Å². The third kappa shape index (κ3) is 3.29. The second-order valence-corrected chi connectivity index (χ2v) is 12.8. The Morgan fingerprint density at radius 3 is 2.22 bits per heavy atom. The molecule has 3 heterocycles. The molecule has 2 aromatic heterocycles. The van der Waals surface area contributed by atoms with Gasteiger partial charge >= 0.3 is 0 Å². The number of fused-ring (bicyclic) bond motifs is 10. The van der Waals surface area contributed by atoms with Gasteiger partial charge in [-0.1, -0.05) is 111 Å². The summed E-state index contributed by atoms with van der Waals surface area (Å²) >= 11 is 0. The molecule has 45 heavy (non-hydrogen) atoms. The Morgan fingerprint density at radius 1 is 0.644 bits per heavy atom. The first-order valence-electron chi connectivity index (χ1n) is 15.6. The highest BCUT2D eigenvalue weighted by atomic mass is 16.3. The molecule has 0 fully saturated rings. The highest BCUT2D eigenvalue weighted by molar-refractivity contribution is 6.18. The van der Waals surface area contributed by atoms with Crippen molar-refractivity contribution in [2.24, 2.45) is 4.99 Å². The van der Waals surface area contributed by atoms with Gasteiger partial charge in [0.25, 0.3) is 0 Å². The SMILES string of the molecule is CC1(C)c2ccccc2-c2c(C3=NC(n4c5ccccc5c5cc6ccccc6cc54)c4oc5ccccc5c4N3)cccc21. The molecule has 1 aliphatic heterocycles. The number of benzene rings is 6. The van der Waals surface area contributed by atoms with Gasteiger partial charge in [-0.2, -0.15) is 0 Å². The van der Waals surface area contributed by atoms with Gasteiger partial charge in [0.2, 0.25) is 0 Å². The van der Waals surface area contributed by atoms with Crippen molar-refractivity contribution in [3.63, 3.8) is 0 Å². The molecule has 4 heteroatoms. The molecule has 214 valence electrons. The Balaban J connectivity index is 1.30. The fraction of sp³-hybridized carbons (Fsp3) is 0.0976. The molecule has 1 unspecified atom stereocenters. The van der Waals surface area contributed by atoms with Gasteiger partial charge in [-0.05, 0) is 63.4 Å². The van der Waals surface area contributed by atoms with E-state index in [2.05, 4.69) is 139 Å². The van der Waals surface area contributed by atoms with E-state index in [0.717, 1.165) is 44.8 Å². The molecule has 0 saturated carbocycles. The van der Waals surface area contributed by atoms with E-state index in [9.17, 15) is 0 Å². The zero-order valence-electron chi connectivity index (χ0n) is 25.0. The number of nitrogens with zero attached hydrogens (tertiary/aromatic N) is 2. The number of amidine groups is 1. The summed E-state index contributed by atoms with van der Waals surface area (Å²) in [4.78, 5) is 5.58. The molecule has 10 rings (SSSR count). The van der Waals surface area contributed by atoms with Crippen LogP contribution in [-0.4, -0.2) is 10.4 Å². The molecule has 1 N–H and O–H groups in total. The van der Waals surface area contributed by atoms with E-state index in [4.69, 9.17) is 9.41 Å². The Morgan fingerprint density at radius 2 is 1.33 bits per heavy atom. The number of nitrogens with one attached hydrogen (secondary N) is 1. The van der Waals surface area contributed by atoms with Gasteiger partial charge in [-0.15, -0.1) is 0 Å². The zero-order chi connectivity index (χ0) is 29.9. The Bertz CT molecular complexity index is 2560. The first-order valence-corrected chi connectivity index (χ1v) is 15.6. The van der Waals surface area contributed by atoms with E-state index >= 15 is 0 Å². The number of rotatable bonds is 2. The molecule has 0 amide bonds. The van der Waals surface area contributed by atoms with E-state index in [1.54, 1.807) is 0 Å². The molecule has 2 aliphatic rings. The van der Waals surface area contributed by atoms with Crippen LogP contribution in [0, 0.1) is 0 Å². The minimum atomic E-state index is -0.410. The van der Waals surface area contributed by atoms with Gasteiger partial charge in [-0.3, -0.25) is 0 Å². The monoisotopic (exact) mass is 579 g/mol. The summed E-state index contributed by atoms with van der Waals surface area (Å²) in [5, 5.41) is 9.71. The molecule has 0 saturated heterocycles. The number of aliphatic imine (C=N–C) groups is 1. The number of anilines is 1. The van der Waals surface area contributed by atoms with Gasteiger partial charge in [0.1, 0.15) is 11.4 Å². The average Bonchev–Trinajstić information content (AvgIpc) is 3.69. The zero-order valence-corrected chi connectivity index (χ0v) is 25.0.